The van der Waals surface area contributed by atoms with Gasteiger partial charge in [-0.2, -0.15) is 0 Å². The molecule has 1 heterocycles. The van der Waals surface area contributed by atoms with Crippen molar-refractivity contribution in [2.45, 2.75) is 6.92 Å². The maximum atomic E-state index is 11.3. The lowest BCUT2D eigenvalue weighted by Crippen LogP contribution is -2.46. The Bertz CT molecular complexity index is 394. The Morgan fingerprint density at radius 1 is 1.21 bits per heavy atom. The summed E-state index contributed by atoms with van der Waals surface area (Å²) in [5, 5.41) is 0. The lowest BCUT2D eigenvalue weighted by atomic mass is 9.99. The number of hydrogen-bond acceptors (Lipinski definition) is 4. The van der Waals surface area contributed by atoms with Crippen LogP contribution in [0.5, 0.6) is 0 Å². The average molecular weight is 196 g/mol. The summed E-state index contributed by atoms with van der Waals surface area (Å²) in [5.74, 6) is -3.65. The van der Waals surface area contributed by atoms with Crippen LogP contribution >= 0.6 is 0 Å². The summed E-state index contributed by atoms with van der Waals surface area (Å²) in [5.41, 5.74) is 4.30. The molecule has 1 aliphatic heterocycles. The van der Waals surface area contributed by atoms with E-state index in [2.05, 4.69) is 0 Å². The number of hydrogen-bond donors (Lipinski definition) is 1. The minimum Gasteiger partial charge on any atom is -0.365 e. The number of carbonyl (C=O) groups excluding carboxylic acids is 4. The van der Waals surface area contributed by atoms with Crippen molar-refractivity contribution < 1.29 is 19.2 Å². The van der Waals surface area contributed by atoms with Crippen LogP contribution in [0.1, 0.15) is 6.92 Å². The van der Waals surface area contributed by atoms with E-state index in [1.807, 2.05) is 0 Å². The molecule has 0 aromatic rings. The van der Waals surface area contributed by atoms with Gasteiger partial charge in [0.25, 0.3) is 11.8 Å². The first-order chi connectivity index (χ1) is 6.37. The number of primary amides is 1. The van der Waals surface area contributed by atoms with E-state index in [4.69, 9.17) is 5.73 Å². The van der Waals surface area contributed by atoms with E-state index in [9.17, 15) is 19.2 Å². The van der Waals surface area contributed by atoms with E-state index in [0.29, 0.717) is 4.90 Å². The van der Waals surface area contributed by atoms with Gasteiger partial charge in [-0.15, -0.1) is 0 Å². The first-order valence-electron chi connectivity index (χ1n) is 3.75. The number of Topliss-reactive ketones (excluding diaryl/α,β-unsaturated/α-hetero) is 1. The molecule has 0 fully saturated rings. The highest BCUT2D eigenvalue weighted by Gasteiger charge is 2.37. The largest absolute Gasteiger partial charge is 0.365 e. The number of imide groups is 1. The maximum Gasteiger partial charge on any atom is 0.301 e. The number of carbonyl (C=O) groups is 4. The predicted molar refractivity (Wildman–Crippen MR) is 44.7 cm³/mol. The molecule has 1 aliphatic rings. The second-order valence-corrected chi connectivity index (χ2v) is 2.86. The third kappa shape index (κ3) is 1.20. The molecule has 0 spiro atoms. The summed E-state index contributed by atoms with van der Waals surface area (Å²) in [6.07, 6.45) is 0. The molecule has 6 nitrogen and oxygen atoms in total. The molecule has 0 atom stereocenters. The Labute approximate surface area is 79.3 Å². The highest BCUT2D eigenvalue weighted by atomic mass is 16.2. The van der Waals surface area contributed by atoms with Crippen molar-refractivity contribution in [2.75, 3.05) is 7.05 Å². The summed E-state index contributed by atoms with van der Waals surface area (Å²) < 4.78 is 0. The zero-order valence-electron chi connectivity index (χ0n) is 7.66. The van der Waals surface area contributed by atoms with Crippen LogP contribution in [-0.4, -0.2) is 35.5 Å². The molecule has 3 amide bonds. The van der Waals surface area contributed by atoms with Gasteiger partial charge in [0.1, 0.15) is 5.57 Å². The molecule has 14 heavy (non-hydrogen) atoms. The van der Waals surface area contributed by atoms with Crippen molar-refractivity contribution in [2.24, 2.45) is 5.73 Å². The van der Waals surface area contributed by atoms with Crippen molar-refractivity contribution in [1.29, 1.82) is 0 Å². The molecule has 0 aliphatic carbocycles. The Morgan fingerprint density at radius 2 is 1.71 bits per heavy atom. The molecule has 0 saturated carbocycles. The van der Waals surface area contributed by atoms with Crippen molar-refractivity contribution >= 4 is 23.5 Å². The zero-order chi connectivity index (χ0) is 11.0. The lowest BCUT2D eigenvalue weighted by Gasteiger charge is -2.21. The van der Waals surface area contributed by atoms with Gasteiger partial charge in [0, 0.05) is 12.6 Å². The topological polar surface area (TPSA) is 97.5 Å². The van der Waals surface area contributed by atoms with E-state index in [0.717, 1.165) is 7.05 Å². The third-order valence-electron chi connectivity index (χ3n) is 1.98. The minimum atomic E-state index is -1.000. The van der Waals surface area contributed by atoms with Crippen molar-refractivity contribution in [3.8, 4) is 0 Å². The summed E-state index contributed by atoms with van der Waals surface area (Å²) in [6.45, 7) is 1.23. The predicted octanol–water partition coefficient (Wildman–Crippen LogP) is -1.64. The van der Waals surface area contributed by atoms with E-state index >= 15 is 0 Å². The van der Waals surface area contributed by atoms with Gasteiger partial charge in [-0.3, -0.25) is 24.1 Å². The van der Waals surface area contributed by atoms with E-state index in [-0.39, 0.29) is 5.57 Å². The monoisotopic (exact) mass is 196 g/mol. The van der Waals surface area contributed by atoms with Crippen LogP contribution in [-0.2, 0) is 19.2 Å². The molecule has 0 saturated heterocycles. The average Bonchev–Trinajstić information content (AvgIpc) is 2.11. The van der Waals surface area contributed by atoms with Gasteiger partial charge in [-0.25, -0.2) is 0 Å². The fourth-order valence-corrected chi connectivity index (χ4v) is 1.14. The molecule has 1 rings (SSSR count). The Kier molecular flexibility index (Phi) is 2.21. The van der Waals surface area contributed by atoms with E-state index < -0.39 is 29.1 Å². The molecule has 0 bridgehead atoms. The summed E-state index contributed by atoms with van der Waals surface area (Å²) in [6, 6.07) is 0. The van der Waals surface area contributed by atoms with Gasteiger partial charge < -0.3 is 5.73 Å². The number of ketones is 1. The first-order valence-corrected chi connectivity index (χ1v) is 3.75. The number of nitrogens with two attached hydrogens (primary N) is 1. The van der Waals surface area contributed by atoms with Gasteiger partial charge in [-0.1, -0.05) is 0 Å². The number of amides is 3. The summed E-state index contributed by atoms with van der Waals surface area (Å²) >= 11 is 0. The second kappa shape index (κ2) is 3.06. The Balaban J connectivity index is 3.39. The molecule has 0 aromatic carbocycles. The fourth-order valence-electron chi connectivity index (χ4n) is 1.14. The van der Waals surface area contributed by atoms with Gasteiger partial charge in [0.2, 0.25) is 5.78 Å². The van der Waals surface area contributed by atoms with Crippen LogP contribution in [0.2, 0.25) is 0 Å². The maximum absolute atomic E-state index is 11.3. The van der Waals surface area contributed by atoms with Gasteiger partial charge in [0.05, 0.1) is 0 Å². The lowest BCUT2D eigenvalue weighted by molar-refractivity contribution is -0.149. The van der Waals surface area contributed by atoms with Crippen LogP contribution < -0.4 is 5.73 Å². The van der Waals surface area contributed by atoms with E-state index in [1.54, 1.807) is 0 Å². The molecular formula is C8H8N2O4. The quantitative estimate of drug-likeness (QED) is 0.309. The normalized spacial score (nSPS) is 17.9. The smallest absolute Gasteiger partial charge is 0.301 e. The molecule has 6 heteroatoms. The molecule has 0 radical (unpaired) electrons. The second-order valence-electron chi connectivity index (χ2n) is 2.86. The highest BCUT2D eigenvalue weighted by molar-refractivity contribution is 6.50. The zero-order valence-corrected chi connectivity index (χ0v) is 7.66. The van der Waals surface area contributed by atoms with Gasteiger partial charge in [-0.05, 0) is 6.92 Å². The number of nitrogens with zero attached hydrogens (tertiary/aromatic N) is 1. The standard InChI is InChI=1S/C8H8N2O4/c1-3-4(6(9)12)7(13)10(2)8(14)5(3)11/h1-2H3,(H2,9,12). The summed E-state index contributed by atoms with van der Waals surface area (Å²) in [7, 11) is 1.12. The van der Waals surface area contributed by atoms with Gasteiger partial charge >= 0.3 is 5.91 Å². The van der Waals surface area contributed by atoms with Crippen molar-refractivity contribution in [3.63, 3.8) is 0 Å². The van der Waals surface area contributed by atoms with Gasteiger partial charge in [0.15, 0.2) is 0 Å². The molecule has 74 valence electrons. The number of likely N-dealkylation sites (N-methyl/N-ethyl adjacent to an activating group) is 1. The SMILES string of the molecule is CC1=C(C(N)=O)C(=O)N(C)C(=O)C1=O. The van der Waals surface area contributed by atoms with Crippen LogP contribution in [0.25, 0.3) is 0 Å². The third-order valence-corrected chi connectivity index (χ3v) is 1.98. The first kappa shape index (κ1) is 10.1. The van der Waals surface area contributed by atoms with Crippen LogP contribution in [0.3, 0.4) is 0 Å². The van der Waals surface area contributed by atoms with Crippen LogP contribution in [0.4, 0.5) is 0 Å². The highest BCUT2D eigenvalue weighted by Crippen LogP contribution is 2.15. The minimum absolute atomic E-state index is 0.189. The van der Waals surface area contributed by atoms with Crippen LogP contribution in [0.15, 0.2) is 11.1 Å². The molecular weight excluding hydrogens is 188 g/mol. The van der Waals surface area contributed by atoms with Crippen molar-refractivity contribution in [3.05, 3.63) is 11.1 Å². The summed E-state index contributed by atoms with van der Waals surface area (Å²) in [4.78, 5) is 45.0. The Hall–Kier alpha value is -1.98. The molecule has 0 aromatic heterocycles. The fraction of sp³-hybridized carbons (Fsp3) is 0.250. The molecule has 2 N–H and O–H groups in total. The van der Waals surface area contributed by atoms with E-state index in [1.165, 1.54) is 6.92 Å². The van der Waals surface area contributed by atoms with Crippen molar-refractivity contribution in [1.82, 2.24) is 4.90 Å². The van der Waals surface area contributed by atoms with Crippen LogP contribution in [0, 0.1) is 0 Å². The molecule has 0 unspecified atom stereocenters. The number of rotatable bonds is 1. The Morgan fingerprint density at radius 3 is 2.14 bits per heavy atom.